The molecule has 0 radical (unpaired) electrons. The van der Waals surface area contributed by atoms with Crippen molar-refractivity contribution in [3.8, 4) is 16.9 Å². The zero-order valence-corrected chi connectivity index (χ0v) is 14.7. The van der Waals surface area contributed by atoms with Crippen molar-refractivity contribution in [3.05, 3.63) is 54.1 Å². The van der Waals surface area contributed by atoms with Crippen molar-refractivity contribution in [1.82, 2.24) is 5.32 Å². The highest BCUT2D eigenvalue weighted by atomic mass is 16.5. The molecule has 2 N–H and O–H groups in total. The lowest BCUT2D eigenvalue weighted by molar-refractivity contribution is -0.143. The summed E-state index contributed by atoms with van der Waals surface area (Å²) in [4.78, 5) is 24.2. The van der Waals surface area contributed by atoms with Crippen LogP contribution in [0, 0.1) is 5.92 Å². The molecule has 2 rings (SSSR count). The summed E-state index contributed by atoms with van der Waals surface area (Å²) < 4.78 is 4.76. The van der Waals surface area contributed by atoms with Crippen LogP contribution in [0.4, 0.5) is 0 Å². The van der Waals surface area contributed by atoms with Gasteiger partial charge in [0.1, 0.15) is 11.8 Å². The van der Waals surface area contributed by atoms with E-state index >= 15 is 0 Å². The average Bonchev–Trinajstić information content (AvgIpc) is 2.61. The number of phenolic OH excluding ortho intramolecular Hbond substituents is 1. The second-order valence-electron chi connectivity index (χ2n) is 6.30. The van der Waals surface area contributed by atoms with E-state index in [4.69, 9.17) is 4.74 Å². The Bertz CT molecular complexity index is 720. The van der Waals surface area contributed by atoms with Crippen LogP contribution in [0.5, 0.6) is 5.75 Å². The molecule has 25 heavy (non-hydrogen) atoms. The van der Waals surface area contributed by atoms with E-state index in [9.17, 15) is 14.7 Å². The summed E-state index contributed by atoms with van der Waals surface area (Å²) in [6.07, 6.45) is 0.518. The van der Waals surface area contributed by atoms with Crippen LogP contribution in [-0.4, -0.2) is 30.1 Å². The number of hydrogen-bond donors (Lipinski definition) is 2. The summed E-state index contributed by atoms with van der Waals surface area (Å²) in [7, 11) is 1.31. The van der Waals surface area contributed by atoms with Gasteiger partial charge in [0.15, 0.2) is 0 Å². The number of nitrogens with one attached hydrogen (secondary N) is 1. The molecule has 0 heterocycles. The lowest BCUT2D eigenvalue weighted by Crippen LogP contribution is -2.42. The smallest absolute Gasteiger partial charge is 0.328 e. The number of phenols is 1. The molecular weight excluding hydrogens is 318 g/mol. The Kier molecular flexibility index (Phi) is 6.17. The molecule has 0 saturated carbocycles. The lowest BCUT2D eigenvalue weighted by Gasteiger charge is -2.18. The molecule has 2 aromatic carbocycles. The number of rotatable bonds is 6. The summed E-state index contributed by atoms with van der Waals surface area (Å²) in [5.41, 5.74) is 2.35. The van der Waals surface area contributed by atoms with Gasteiger partial charge in [-0.05, 0) is 47.7 Å². The molecule has 1 atom stereocenters. The van der Waals surface area contributed by atoms with Crippen LogP contribution < -0.4 is 5.32 Å². The number of benzene rings is 2. The fraction of sp³-hybridized carbons (Fsp3) is 0.300. The van der Waals surface area contributed by atoms with E-state index in [0.717, 1.165) is 11.1 Å². The van der Waals surface area contributed by atoms with Gasteiger partial charge < -0.3 is 15.2 Å². The van der Waals surface area contributed by atoms with Crippen molar-refractivity contribution < 1.29 is 19.4 Å². The number of amides is 1. The number of ether oxygens (including phenoxy) is 1. The number of hydrogen-bond acceptors (Lipinski definition) is 4. The Morgan fingerprint density at radius 1 is 1.00 bits per heavy atom. The molecule has 0 aliphatic carbocycles. The zero-order valence-electron chi connectivity index (χ0n) is 14.7. The third-order valence-electron chi connectivity index (χ3n) is 3.85. The van der Waals surface area contributed by atoms with Gasteiger partial charge in [0.05, 0.1) is 7.11 Å². The van der Waals surface area contributed by atoms with Crippen LogP contribution in [0.25, 0.3) is 11.1 Å². The van der Waals surface area contributed by atoms with Crippen LogP contribution in [0.15, 0.2) is 48.5 Å². The second kappa shape index (κ2) is 8.33. The Morgan fingerprint density at radius 3 is 2.00 bits per heavy atom. The molecule has 0 unspecified atom stereocenters. The standard InChI is InChI=1S/C20H23NO4/c1-13(2)12-18(20(24)25-3)21-19(23)16-6-4-14(5-7-16)15-8-10-17(22)11-9-15/h4-11,13,18,22H,12H2,1-3H3,(H,21,23)/t18-/m1/s1. The zero-order chi connectivity index (χ0) is 18.4. The van der Waals surface area contributed by atoms with Crippen molar-refractivity contribution in [2.24, 2.45) is 5.92 Å². The number of aromatic hydroxyl groups is 1. The van der Waals surface area contributed by atoms with Crippen molar-refractivity contribution in [1.29, 1.82) is 0 Å². The third-order valence-corrected chi connectivity index (χ3v) is 3.85. The van der Waals surface area contributed by atoms with Gasteiger partial charge in [-0.15, -0.1) is 0 Å². The molecule has 0 fully saturated rings. The summed E-state index contributed by atoms with van der Waals surface area (Å²) in [5.74, 6) is -0.295. The summed E-state index contributed by atoms with van der Waals surface area (Å²) in [6, 6.07) is 13.3. The first kappa shape index (κ1) is 18.5. The lowest BCUT2D eigenvalue weighted by atomic mass is 10.0. The molecule has 0 aliphatic heterocycles. The monoisotopic (exact) mass is 341 g/mol. The van der Waals surface area contributed by atoms with E-state index in [1.165, 1.54) is 7.11 Å². The largest absolute Gasteiger partial charge is 0.508 e. The van der Waals surface area contributed by atoms with Crippen molar-refractivity contribution in [2.45, 2.75) is 26.3 Å². The van der Waals surface area contributed by atoms with E-state index in [-0.39, 0.29) is 17.6 Å². The average molecular weight is 341 g/mol. The van der Waals surface area contributed by atoms with Gasteiger partial charge in [-0.2, -0.15) is 0 Å². The van der Waals surface area contributed by atoms with E-state index in [2.05, 4.69) is 5.32 Å². The maximum Gasteiger partial charge on any atom is 0.328 e. The third kappa shape index (κ3) is 5.08. The fourth-order valence-corrected chi connectivity index (χ4v) is 2.54. The van der Waals surface area contributed by atoms with Gasteiger partial charge in [-0.3, -0.25) is 4.79 Å². The number of esters is 1. The quantitative estimate of drug-likeness (QED) is 0.790. The molecule has 0 aromatic heterocycles. The normalized spacial score (nSPS) is 11.8. The van der Waals surface area contributed by atoms with Crippen LogP contribution in [0.3, 0.4) is 0 Å². The predicted molar refractivity (Wildman–Crippen MR) is 96.3 cm³/mol. The molecule has 0 bridgehead atoms. The van der Waals surface area contributed by atoms with E-state index in [0.29, 0.717) is 12.0 Å². The first-order chi connectivity index (χ1) is 11.9. The number of carbonyl (C=O) groups excluding carboxylic acids is 2. The van der Waals surface area contributed by atoms with Gasteiger partial charge in [0, 0.05) is 5.56 Å². The number of carbonyl (C=O) groups is 2. The molecule has 2 aromatic rings. The van der Waals surface area contributed by atoms with E-state index < -0.39 is 12.0 Å². The van der Waals surface area contributed by atoms with Gasteiger partial charge in [0.2, 0.25) is 0 Å². The van der Waals surface area contributed by atoms with E-state index in [1.54, 1.807) is 36.4 Å². The first-order valence-corrected chi connectivity index (χ1v) is 8.19. The van der Waals surface area contributed by atoms with Crippen molar-refractivity contribution >= 4 is 11.9 Å². The molecular formula is C20H23NO4. The highest BCUT2D eigenvalue weighted by Crippen LogP contribution is 2.22. The molecule has 1 amide bonds. The Hall–Kier alpha value is -2.82. The fourth-order valence-electron chi connectivity index (χ4n) is 2.54. The number of methoxy groups -OCH3 is 1. The maximum atomic E-state index is 12.4. The molecule has 0 saturated heterocycles. The molecule has 0 aliphatic rings. The first-order valence-electron chi connectivity index (χ1n) is 8.19. The Labute approximate surface area is 147 Å². The molecule has 5 heteroatoms. The topological polar surface area (TPSA) is 75.6 Å². The van der Waals surface area contributed by atoms with Gasteiger partial charge in [-0.1, -0.05) is 38.1 Å². The molecule has 132 valence electrons. The van der Waals surface area contributed by atoms with Gasteiger partial charge >= 0.3 is 5.97 Å². The van der Waals surface area contributed by atoms with Crippen LogP contribution in [0.1, 0.15) is 30.6 Å². The van der Waals surface area contributed by atoms with Gasteiger partial charge in [0.25, 0.3) is 5.91 Å². The minimum atomic E-state index is -0.658. The highest BCUT2D eigenvalue weighted by Gasteiger charge is 2.23. The second-order valence-corrected chi connectivity index (χ2v) is 6.30. The van der Waals surface area contributed by atoms with Crippen molar-refractivity contribution in [3.63, 3.8) is 0 Å². The summed E-state index contributed by atoms with van der Waals surface area (Å²) in [6.45, 7) is 3.96. The molecule has 5 nitrogen and oxygen atoms in total. The predicted octanol–water partition coefficient (Wildman–Crippen LogP) is 3.38. The van der Waals surface area contributed by atoms with Crippen LogP contribution in [-0.2, 0) is 9.53 Å². The van der Waals surface area contributed by atoms with Crippen molar-refractivity contribution in [2.75, 3.05) is 7.11 Å². The minimum Gasteiger partial charge on any atom is -0.508 e. The van der Waals surface area contributed by atoms with E-state index in [1.807, 2.05) is 26.0 Å². The Balaban J connectivity index is 2.11. The van der Waals surface area contributed by atoms with Gasteiger partial charge in [-0.25, -0.2) is 4.79 Å². The van der Waals surface area contributed by atoms with Crippen LogP contribution >= 0.6 is 0 Å². The van der Waals surface area contributed by atoms with Crippen LogP contribution in [0.2, 0.25) is 0 Å². The SMILES string of the molecule is COC(=O)[C@@H](CC(C)C)NC(=O)c1ccc(-c2ccc(O)cc2)cc1. The Morgan fingerprint density at radius 2 is 1.52 bits per heavy atom. The highest BCUT2D eigenvalue weighted by molar-refractivity contribution is 5.97. The summed E-state index contributed by atoms with van der Waals surface area (Å²) >= 11 is 0. The minimum absolute atomic E-state index is 0.207. The maximum absolute atomic E-state index is 12.4. The summed E-state index contributed by atoms with van der Waals surface area (Å²) in [5, 5.41) is 12.1. The molecule has 0 spiro atoms.